The van der Waals surface area contributed by atoms with Crippen molar-refractivity contribution < 1.29 is 24.3 Å². The lowest BCUT2D eigenvalue weighted by molar-refractivity contribution is -0.115. The first-order valence-corrected chi connectivity index (χ1v) is 10.4. The number of carbonyl (C=O) groups excluding carboxylic acids is 3. The Kier molecular flexibility index (Phi) is 6.40. The lowest BCUT2D eigenvalue weighted by Gasteiger charge is -2.04. The summed E-state index contributed by atoms with van der Waals surface area (Å²) >= 11 is 11.9. The first-order chi connectivity index (χ1) is 13.7. The van der Waals surface area contributed by atoms with Gasteiger partial charge < -0.3 is 15.7 Å². The van der Waals surface area contributed by atoms with Gasteiger partial charge in [-0.05, 0) is 67.3 Å². The van der Waals surface area contributed by atoms with Crippen LogP contribution in [0.3, 0.4) is 0 Å². The molecule has 0 radical (unpaired) electrons. The highest BCUT2D eigenvalue weighted by molar-refractivity contribution is 9.10. The molecule has 2 heterocycles. The van der Waals surface area contributed by atoms with Crippen LogP contribution in [0.1, 0.15) is 31.8 Å². The number of rotatable bonds is 3. The molecule has 4 rings (SSSR count). The van der Waals surface area contributed by atoms with Gasteiger partial charge in [0.15, 0.2) is 5.78 Å². The van der Waals surface area contributed by atoms with Gasteiger partial charge in [-0.3, -0.25) is 14.4 Å². The molecule has 0 bridgehead atoms. The molecular formula is C19H13Br2ClN2O5. The molecule has 0 fully saturated rings. The minimum absolute atomic E-state index is 0.0487. The van der Waals surface area contributed by atoms with Gasteiger partial charge in [-0.1, -0.05) is 0 Å². The summed E-state index contributed by atoms with van der Waals surface area (Å²) in [6.45, 7) is 0. The fourth-order valence-electron chi connectivity index (χ4n) is 2.95. The largest absolute Gasteiger partial charge is 0.478 e. The van der Waals surface area contributed by atoms with Gasteiger partial charge >= 0.3 is 5.97 Å². The molecule has 10 heteroatoms. The molecule has 0 saturated heterocycles. The lowest BCUT2D eigenvalue weighted by Crippen LogP contribution is -2.03. The Morgan fingerprint density at radius 3 is 1.79 bits per heavy atom. The second-order valence-electron chi connectivity index (χ2n) is 6.29. The summed E-state index contributed by atoms with van der Waals surface area (Å²) in [4.78, 5) is 44.4. The van der Waals surface area contributed by atoms with Crippen molar-refractivity contribution in [3.63, 3.8) is 0 Å². The molecule has 0 saturated carbocycles. The minimum atomic E-state index is -1.00. The molecule has 2 aromatic rings. The number of benzene rings is 2. The van der Waals surface area contributed by atoms with Crippen LogP contribution in [0.5, 0.6) is 0 Å². The average Bonchev–Trinajstić information content (AvgIpc) is 3.19. The van der Waals surface area contributed by atoms with Crippen LogP contribution in [0.15, 0.2) is 33.2 Å². The van der Waals surface area contributed by atoms with Crippen LogP contribution in [0.25, 0.3) is 0 Å². The number of nitrogens with one attached hydrogen (secondary N) is 2. The lowest BCUT2D eigenvalue weighted by atomic mass is 10.1. The molecular weight excluding hydrogens is 531 g/mol. The number of fused-ring (bicyclic) bond motifs is 2. The summed E-state index contributed by atoms with van der Waals surface area (Å²) in [5, 5.41) is 14.2. The number of hydrogen-bond acceptors (Lipinski definition) is 4. The number of anilines is 2. The maximum atomic E-state index is 11.4. The van der Waals surface area contributed by atoms with E-state index >= 15 is 0 Å². The van der Waals surface area contributed by atoms with Crippen LogP contribution in [-0.4, -0.2) is 34.6 Å². The van der Waals surface area contributed by atoms with Gasteiger partial charge in [-0.25, -0.2) is 4.79 Å². The molecule has 7 nitrogen and oxygen atoms in total. The average molecular weight is 545 g/mol. The Morgan fingerprint density at radius 1 is 0.897 bits per heavy atom. The topological polar surface area (TPSA) is 113 Å². The van der Waals surface area contributed by atoms with Crippen molar-refractivity contribution in [2.75, 3.05) is 16.5 Å². The van der Waals surface area contributed by atoms with Gasteiger partial charge in [0, 0.05) is 25.9 Å². The summed E-state index contributed by atoms with van der Waals surface area (Å²) in [6, 6.07) is 6.57. The number of carbonyl (C=O) groups is 4. The summed E-state index contributed by atoms with van der Waals surface area (Å²) in [5.74, 6) is -1.36. The number of hydrogen-bond donors (Lipinski definition) is 3. The Labute approximate surface area is 187 Å². The molecule has 0 unspecified atom stereocenters. The molecule has 150 valence electrons. The molecule has 2 amide bonds. The maximum Gasteiger partial charge on any atom is 0.336 e. The zero-order valence-electron chi connectivity index (χ0n) is 14.6. The monoisotopic (exact) mass is 542 g/mol. The first-order valence-electron chi connectivity index (χ1n) is 8.26. The molecule has 0 spiro atoms. The van der Waals surface area contributed by atoms with Crippen molar-refractivity contribution in [1.82, 2.24) is 0 Å². The van der Waals surface area contributed by atoms with E-state index in [1.54, 1.807) is 18.2 Å². The molecule has 2 aliphatic rings. The van der Waals surface area contributed by atoms with Gasteiger partial charge in [0.05, 0.1) is 24.3 Å². The van der Waals surface area contributed by atoms with Crippen molar-refractivity contribution in [2.45, 2.75) is 12.8 Å². The predicted molar refractivity (Wildman–Crippen MR) is 115 cm³/mol. The highest BCUT2D eigenvalue weighted by Crippen LogP contribution is 2.31. The van der Waals surface area contributed by atoms with E-state index in [9.17, 15) is 19.2 Å². The van der Waals surface area contributed by atoms with Gasteiger partial charge in [0.1, 0.15) is 0 Å². The summed E-state index contributed by atoms with van der Waals surface area (Å²) in [5.41, 5.74) is 3.73. The normalized spacial score (nSPS) is 13.6. The van der Waals surface area contributed by atoms with E-state index in [1.165, 1.54) is 6.07 Å². The number of Topliss-reactive ketones (excluding diaryl/α,β-unsaturated/α-hetero) is 1. The Hall–Kier alpha value is -2.23. The zero-order valence-corrected chi connectivity index (χ0v) is 18.6. The van der Waals surface area contributed by atoms with E-state index < -0.39 is 5.97 Å². The van der Waals surface area contributed by atoms with Crippen LogP contribution in [-0.2, 0) is 22.4 Å². The number of aromatic carboxylic acids is 1. The quantitative estimate of drug-likeness (QED) is 0.399. The van der Waals surface area contributed by atoms with E-state index in [0.717, 1.165) is 16.8 Å². The Morgan fingerprint density at radius 2 is 1.34 bits per heavy atom. The fourth-order valence-corrected chi connectivity index (χ4v) is 4.17. The molecule has 0 aliphatic carbocycles. The van der Waals surface area contributed by atoms with Crippen LogP contribution < -0.4 is 10.6 Å². The standard InChI is InChI=1S/C10H7BrClNO2.C9H6BrNO3/c11-7-3-8-5(2-10(15)13-8)1-6(7)9(14)4-12;10-6-3-7-4(2-8(12)11-7)1-5(6)9(13)14/h1,3H,2,4H2,(H,13,15);1,3H,2H2,(H,11,12)(H,13,14). The van der Waals surface area contributed by atoms with E-state index in [1.807, 2.05) is 0 Å². The summed E-state index contributed by atoms with van der Waals surface area (Å²) < 4.78 is 1.14. The third-order valence-electron chi connectivity index (χ3n) is 4.29. The minimum Gasteiger partial charge on any atom is -0.478 e. The van der Waals surface area contributed by atoms with Crippen molar-refractivity contribution >= 4 is 78.4 Å². The number of carboxylic acids is 1. The third kappa shape index (κ3) is 4.68. The predicted octanol–water partition coefficient (Wildman–Crippen LogP) is 4.01. The van der Waals surface area contributed by atoms with Crippen molar-refractivity contribution in [3.8, 4) is 0 Å². The third-order valence-corrected chi connectivity index (χ3v) is 5.84. The zero-order chi connectivity index (χ0) is 21.3. The van der Waals surface area contributed by atoms with Crippen LogP contribution >= 0.6 is 43.5 Å². The van der Waals surface area contributed by atoms with Gasteiger partial charge in [0.2, 0.25) is 11.8 Å². The number of ketones is 1. The van der Waals surface area contributed by atoms with E-state index in [2.05, 4.69) is 42.5 Å². The number of halogens is 3. The van der Waals surface area contributed by atoms with Gasteiger partial charge in [0.25, 0.3) is 0 Å². The summed E-state index contributed by atoms with van der Waals surface area (Å²) in [6.07, 6.45) is 0.577. The Bertz CT molecular complexity index is 1070. The highest BCUT2D eigenvalue weighted by Gasteiger charge is 2.22. The molecule has 2 aromatic carbocycles. The Balaban J connectivity index is 0.000000166. The van der Waals surface area contributed by atoms with Crippen molar-refractivity contribution in [1.29, 1.82) is 0 Å². The second kappa shape index (κ2) is 8.64. The molecule has 29 heavy (non-hydrogen) atoms. The molecule has 2 aliphatic heterocycles. The van der Waals surface area contributed by atoms with E-state index in [0.29, 0.717) is 26.6 Å². The van der Waals surface area contributed by atoms with Crippen molar-refractivity contribution in [2.24, 2.45) is 0 Å². The highest BCUT2D eigenvalue weighted by atomic mass is 79.9. The van der Waals surface area contributed by atoms with Crippen LogP contribution in [0.4, 0.5) is 11.4 Å². The van der Waals surface area contributed by atoms with Gasteiger partial charge in [-0.2, -0.15) is 0 Å². The maximum absolute atomic E-state index is 11.4. The fraction of sp³-hybridized carbons (Fsp3) is 0.158. The van der Waals surface area contributed by atoms with Crippen LogP contribution in [0.2, 0.25) is 0 Å². The summed E-state index contributed by atoms with van der Waals surface area (Å²) in [7, 11) is 0. The number of amides is 2. The first kappa shape index (κ1) is 21.5. The van der Waals surface area contributed by atoms with Gasteiger partial charge in [-0.15, -0.1) is 11.6 Å². The SMILES string of the molecule is O=C1Cc2cc(C(=O)CCl)c(Br)cc2N1.O=C1Cc2cc(C(=O)O)c(Br)cc2N1. The van der Waals surface area contributed by atoms with E-state index in [-0.39, 0.29) is 35.5 Å². The smallest absolute Gasteiger partial charge is 0.336 e. The molecule has 3 N–H and O–H groups in total. The van der Waals surface area contributed by atoms with E-state index in [4.69, 9.17) is 16.7 Å². The number of alkyl halides is 1. The van der Waals surface area contributed by atoms with Crippen molar-refractivity contribution in [3.05, 3.63) is 55.5 Å². The van der Waals surface area contributed by atoms with Crippen LogP contribution in [0, 0.1) is 0 Å². The number of carboxylic acid groups (broad SMARTS) is 1. The molecule has 0 aromatic heterocycles. The molecule has 0 atom stereocenters. The second-order valence-corrected chi connectivity index (χ2v) is 8.27.